The van der Waals surface area contributed by atoms with Crippen molar-refractivity contribution in [2.75, 3.05) is 19.4 Å². The number of hydrogen-bond donors (Lipinski definition) is 1. The van der Waals surface area contributed by atoms with Crippen LogP contribution in [0.25, 0.3) is 0 Å². The minimum atomic E-state index is -0.407. The summed E-state index contributed by atoms with van der Waals surface area (Å²) in [5.74, 6) is -0.546. The van der Waals surface area contributed by atoms with Crippen molar-refractivity contribution in [1.29, 1.82) is 0 Å². The normalized spacial score (nSPS) is 10.2. The number of thiazole rings is 1. The molecule has 2 heterocycles. The Morgan fingerprint density at radius 2 is 2.05 bits per heavy atom. The molecule has 0 aliphatic heterocycles. The molecule has 0 atom stereocenters. The van der Waals surface area contributed by atoms with Gasteiger partial charge in [-0.15, -0.1) is 0 Å². The Hall–Kier alpha value is -2.35. The number of nitrogens with one attached hydrogen (secondary N) is 1. The fourth-order valence-electron chi connectivity index (χ4n) is 1.43. The molecular formula is C12H13N5O2S. The van der Waals surface area contributed by atoms with Gasteiger partial charge in [0.05, 0.1) is 11.9 Å². The van der Waals surface area contributed by atoms with E-state index in [-0.39, 0.29) is 11.6 Å². The predicted octanol–water partition coefficient (Wildman–Crippen LogP) is 1.20. The van der Waals surface area contributed by atoms with Crippen molar-refractivity contribution in [2.45, 2.75) is 6.92 Å². The largest absolute Gasteiger partial charge is 0.344 e. The first kappa shape index (κ1) is 14.1. The average molecular weight is 291 g/mol. The van der Waals surface area contributed by atoms with Crippen LogP contribution >= 0.6 is 11.3 Å². The zero-order valence-corrected chi connectivity index (χ0v) is 12.1. The number of carbonyl (C=O) groups excluding carboxylic acids is 2. The maximum Gasteiger partial charge on any atom is 0.277 e. The summed E-state index contributed by atoms with van der Waals surface area (Å²) in [6.07, 6.45) is 4.28. The zero-order valence-electron chi connectivity index (χ0n) is 11.2. The van der Waals surface area contributed by atoms with E-state index in [1.54, 1.807) is 21.0 Å². The highest BCUT2D eigenvalue weighted by molar-refractivity contribution is 7.17. The second kappa shape index (κ2) is 5.74. The highest BCUT2D eigenvalue weighted by Gasteiger charge is 2.18. The number of carbonyl (C=O) groups is 2. The molecule has 0 aliphatic rings. The van der Waals surface area contributed by atoms with Gasteiger partial charge in [0.15, 0.2) is 5.13 Å². The molecule has 20 heavy (non-hydrogen) atoms. The Bertz CT molecular complexity index is 639. The molecular weight excluding hydrogens is 278 g/mol. The molecule has 0 unspecified atom stereocenters. The van der Waals surface area contributed by atoms with E-state index in [0.717, 1.165) is 11.3 Å². The molecule has 0 saturated carbocycles. The molecule has 0 bridgehead atoms. The zero-order chi connectivity index (χ0) is 14.7. The number of rotatable bonds is 3. The van der Waals surface area contributed by atoms with Gasteiger partial charge in [0.2, 0.25) is 0 Å². The van der Waals surface area contributed by atoms with Gasteiger partial charge >= 0.3 is 0 Å². The van der Waals surface area contributed by atoms with E-state index in [4.69, 9.17) is 0 Å². The van der Waals surface area contributed by atoms with Gasteiger partial charge in [-0.1, -0.05) is 11.3 Å². The van der Waals surface area contributed by atoms with Crippen molar-refractivity contribution in [1.82, 2.24) is 19.9 Å². The van der Waals surface area contributed by atoms with Crippen LogP contribution in [0.2, 0.25) is 0 Å². The Morgan fingerprint density at radius 1 is 1.30 bits per heavy atom. The average Bonchev–Trinajstić information content (AvgIpc) is 2.79. The molecule has 0 aromatic carbocycles. The fourth-order valence-corrected chi connectivity index (χ4v) is 2.41. The topological polar surface area (TPSA) is 88.1 Å². The first-order valence-electron chi connectivity index (χ1n) is 5.75. The lowest BCUT2D eigenvalue weighted by atomic mass is 10.3. The van der Waals surface area contributed by atoms with Gasteiger partial charge in [-0.05, 0) is 6.92 Å². The minimum absolute atomic E-state index is 0.139. The highest BCUT2D eigenvalue weighted by atomic mass is 32.1. The second-order valence-corrected chi connectivity index (χ2v) is 5.18. The summed E-state index contributed by atoms with van der Waals surface area (Å²) in [4.78, 5) is 37.6. The van der Waals surface area contributed by atoms with Crippen molar-refractivity contribution in [3.05, 3.63) is 34.9 Å². The molecule has 8 heteroatoms. The summed E-state index contributed by atoms with van der Waals surface area (Å²) in [6, 6.07) is 0. The minimum Gasteiger partial charge on any atom is -0.344 e. The fraction of sp³-hybridized carbons (Fsp3) is 0.250. The van der Waals surface area contributed by atoms with Gasteiger partial charge in [0, 0.05) is 26.5 Å². The Balaban J connectivity index is 2.17. The summed E-state index contributed by atoms with van der Waals surface area (Å²) in [6.45, 7) is 1.73. The molecule has 0 saturated heterocycles. The summed E-state index contributed by atoms with van der Waals surface area (Å²) in [7, 11) is 3.33. The smallest absolute Gasteiger partial charge is 0.277 e. The Kier molecular flexibility index (Phi) is 4.04. The van der Waals surface area contributed by atoms with Crippen LogP contribution in [-0.4, -0.2) is 45.8 Å². The summed E-state index contributed by atoms with van der Waals surface area (Å²) >= 11 is 1.14. The lowest BCUT2D eigenvalue weighted by molar-refractivity contribution is 0.0831. The van der Waals surface area contributed by atoms with E-state index < -0.39 is 5.91 Å². The van der Waals surface area contributed by atoms with E-state index in [9.17, 15) is 9.59 Å². The van der Waals surface area contributed by atoms with Gasteiger partial charge in [0.25, 0.3) is 11.8 Å². The molecule has 2 amide bonds. The first-order valence-corrected chi connectivity index (χ1v) is 6.57. The van der Waals surface area contributed by atoms with E-state index in [1.807, 2.05) is 0 Å². The third-order valence-electron chi connectivity index (χ3n) is 2.41. The molecule has 0 fully saturated rings. The third-order valence-corrected chi connectivity index (χ3v) is 3.47. The highest BCUT2D eigenvalue weighted by Crippen LogP contribution is 2.23. The van der Waals surface area contributed by atoms with E-state index in [0.29, 0.717) is 15.7 Å². The Labute approximate surface area is 119 Å². The Morgan fingerprint density at radius 3 is 2.65 bits per heavy atom. The molecule has 2 aromatic heterocycles. The van der Waals surface area contributed by atoms with Crippen molar-refractivity contribution in [3.63, 3.8) is 0 Å². The van der Waals surface area contributed by atoms with Crippen molar-refractivity contribution < 1.29 is 9.59 Å². The van der Waals surface area contributed by atoms with E-state index in [1.165, 1.54) is 23.5 Å². The maximum atomic E-state index is 11.9. The van der Waals surface area contributed by atoms with Crippen LogP contribution in [0.1, 0.15) is 25.9 Å². The number of anilines is 1. The molecule has 2 rings (SSSR count). The quantitative estimate of drug-likeness (QED) is 0.918. The van der Waals surface area contributed by atoms with Gasteiger partial charge in [-0.25, -0.2) is 9.97 Å². The van der Waals surface area contributed by atoms with Crippen LogP contribution in [0.4, 0.5) is 5.13 Å². The molecule has 1 N–H and O–H groups in total. The van der Waals surface area contributed by atoms with Gasteiger partial charge in [-0.3, -0.25) is 19.9 Å². The molecule has 7 nitrogen and oxygen atoms in total. The van der Waals surface area contributed by atoms with Gasteiger partial charge < -0.3 is 4.90 Å². The van der Waals surface area contributed by atoms with Crippen molar-refractivity contribution in [3.8, 4) is 0 Å². The van der Waals surface area contributed by atoms with Gasteiger partial charge in [0.1, 0.15) is 10.6 Å². The number of amides is 2. The van der Waals surface area contributed by atoms with Crippen LogP contribution in [0, 0.1) is 6.92 Å². The predicted molar refractivity (Wildman–Crippen MR) is 74.9 cm³/mol. The first-order chi connectivity index (χ1) is 9.49. The van der Waals surface area contributed by atoms with Crippen LogP contribution in [0.5, 0.6) is 0 Å². The van der Waals surface area contributed by atoms with E-state index >= 15 is 0 Å². The third kappa shape index (κ3) is 2.97. The lowest BCUT2D eigenvalue weighted by Crippen LogP contribution is -2.21. The molecule has 2 aromatic rings. The summed E-state index contributed by atoms with van der Waals surface area (Å²) < 4.78 is 0. The second-order valence-electron chi connectivity index (χ2n) is 4.18. The SMILES string of the molecule is Cc1nc(NC(=O)c2cnccn2)sc1C(=O)N(C)C. The number of hydrogen-bond acceptors (Lipinski definition) is 6. The van der Waals surface area contributed by atoms with Crippen LogP contribution < -0.4 is 5.32 Å². The number of aryl methyl sites for hydroxylation is 1. The van der Waals surface area contributed by atoms with Gasteiger partial charge in [-0.2, -0.15) is 0 Å². The lowest BCUT2D eigenvalue weighted by Gasteiger charge is -2.07. The number of aromatic nitrogens is 3. The van der Waals surface area contributed by atoms with Crippen LogP contribution in [-0.2, 0) is 0 Å². The standard InChI is InChI=1S/C12H13N5O2S/c1-7-9(11(19)17(2)3)20-12(15-7)16-10(18)8-6-13-4-5-14-8/h4-6H,1-3H3,(H,15,16,18). The maximum absolute atomic E-state index is 11.9. The molecule has 104 valence electrons. The monoisotopic (exact) mass is 291 g/mol. The summed E-state index contributed by atoms with van der Waals surface area (Å²) in [5, 5.41) is 2.97. The van der Waals surface area contributed by atoms with Crippen molar-refractivity contribution in [2.24, 2.45) is 0 Å². The van der Waals surface area contributed by atoms with Crippen LogP contribution in [0.3, 0.4) is 0 Å². The van der Waals surface area contributed by atoms with E-state index in [2.05, 4.69) is 20.3 Å². The molecule has 0 radical (unpaired) electrons. The molecule has 0 aliphatic carbocycles. The van der Waals surface area contributed by atoms with Crippen molar-refractivity contribution >= 4 is 28.3 Å². The molecule has 0 spiro atoms. The summed E-state index contributed by atoms with van der Waals surface area (Å²) in [5.41, 5.74) is 0.781. The van der Waals surface area contributed by atoms with Crippen LogP contribution in [0.15, 0.2) is 18.6 Å². The number of nitrogens with zero attached hydrogens (tertiary/aromatic N) is 4.